The molecule has 4 heterocycles. The van der Waals surface area contributed by atoms with Crippen LogP contribution in [0.2, 0.25) is 0 Å². The van der Waals surface area contributed by atoms with Gasteiger partial charge in [0.15, 0.2) is 0 Å². The van der Waals surface area contributed by atoms with E-state index in [0.717, 1.165) is 61.8 Å². The molecule has 2 amide bonds. The number of benzene rings is 1. The van der Waals surface area contributed by atoms with E-state index in [2.05, 4.69) is 14.9 Å². The van der Waals surface area contributed by atoms with Crippen LogP contribution in [0.15, 0.2) is 54.9 Å². The number of para-hydroxylation sites is 1. The Kier molecular flexibility index (Phi) is 5.45. The van der Waals surface area contributed by atoms with E-state index in [-0.39, 0.29) is 17.9 Å². The molecule has 6 nitrogen and oxygen atoms in total. The average molecular weight is 417 g/mol. The van der Waals surface area contributed by atoms with Gasteiger partial charge in [0, 0.05) is 55.4 Å². The summed E-state index contributed by atoms with van der Waals surface area (Å²) in [6, 6.07) is 14.1. The molecule has 2 fully saturated rings. The third kappa shape index (κ3) is 4.07. The van der Waals surface area contributed by atoms with E-state index in [1.807, 2.05) is 53.6 Å². The molecule has 0 radical (unpaired) electrons. The third-order valence-corrected chi connectivity index (χ3v) is 6.79. The Morgan fingerprint density at radius 2 is 2.00 bits per heavy atom. The van der Waals surface area contributed by atoms with E-state index in [4.69, 9.17) is 0 Å². The number of carbonyl (C=O) groups excluding carboxylic acids is 2. The summed E-state index contributed by atoms with van der Waals surface area (Å²) >= 11 is 0. The van der Waals surface area contributed by atoms with Gasteiger partial charge in [-0.1, -0.05) is 24.3 Å². The Morgan fingerprint density at radius 3 is 2.84 bits per heavy atom. The summed E-state index contributed by atoms with van der Waals surface area (Å²) in [4.78, 5) is 37.6. The van der Waals surface area contributed by atoms with Gasteiger partial charge in [0.1, 0.15) is 5.69 Å². The zero-order chi connectivity index (χ0) is 21.2. The molecule has 2 saturated heterocycles. The van der Waals surface area contributed by atoms with Crippen LogP contribution >= 0.6 is 0 Å². The lowest BCUT2D eigenvalue weighted by atomic mass is 9.83. The van der Waals surface area contributed by atoms with Crippen molar-refractivity contribution in [3.05, 3.63) is 66.1 Å². The predicted octanol–water partition coefficient (Wildman–Crippen LogP) is 3.65. The fraction of sp³-hybridized carbons (Fsp3) is 0.400. The van der Waals surface area contributed by atoms with Crippen molar-refractivity contribution in [1.29, 1.82) is 0 Å². The first-order valence-corrected chi connectivity index (χ1v) is 11.2. The van der Waals surface area contributed by atoms with Gasteiger partial charge in [0.05, 0.1) is 0 Å². The minimum absolute atomic E-state index is 0.0854. The minimum Gasteiger partial charge on any atom is -0.351 e. The lowest BCUT2D eigenvalue weighted by Gasteiger charge is -2.47. The van der Waals surface area contributed by atoms with E-state index in [0.29, 0.717) is 18.0 Å². The SMILES string of the molecule is O=C(CCc1cccnc1)N1CC[C@H]2[C@H](CCCN2C(=O)c2cc3ccccc3[nH]2)C1. The molecule has 6 heteroatoms. The molecule has 31 heavy (non-hydrogen) atoms. The van der Waals surface area contributed by atoms with Crippen LogP contribution in [0.4, 0.5) is 0 Å². The number of pyridine rings is 1. The van der Waals surface area contributed by atoms with Crippen molar-refractivity contribution in [3.63, 3.8) is 0 Å². The Hall–Kier alpha value is -3.15. The van der Waals surface area contributed by atoms with E-state index >= 15 is 0 Å². The quantitative estimate of drug-likeness (QED) is 0.706. The number of nitrogens with one attached hydrogen (secondary N) is 1. The number of hydrogen-bond acceptors (Lipinski definition) is 3. The van der Waals surface area contributed by atoms with Gasteiger partial charge >= 0.3 is 0 Å². The van der Waals surface area contributed by atoms with Gasteiger partial charge < -0.3 is 14.8 Å². The Bertz CT molecular complexity index is 1040. The molecule has 1 N–H and O–H groups in total. The number of aromatic amines is 1. The first kappa shape index (κ1) is 19.8. The smallest absolute Gasteiger partial charge is 0.270 e. The summed E-state index contributed by atoms with van der Waals surface area (Å²) in [7, 11) is 0. The third-order valence-electron chi connectivity index (χ3n) is 6.79. The molecule has 0 unspecified atom stereocenters. The van der Waals surface area contributed by atoms with Crippen LogP contribution < -0.4 is 0 Å². The molecule has 5 rings (SSSR count). The highest BCUT2D eigenvalue weighted by atomic mass is 16.2. The number of piperidine rings is 2. The molecule has 0 spiro atoms. The van der Waals surface area contributed by atoms with Crippen molar-refractivity contribution in [2.24, 2.45) is 5.92 Å². The van der Waals surface area contributed by atoms with Crippen LogP contribution in [-0.2, 0) is 11.2 Å². The fourth-order valence-electron chi connectivity index (χ4n) is 5.18. The second-order valence-corrected chi connectivity index (χ2v) is 8.73. The molecule has 2 aliphatic rings. The normalized spacial score (nSPS) is 21.2. The largest absolute Gasteiger partial charge is 0.351 e. The summed E-state index contributed by atoms with van der Waals surface area (Å²) in [5.41, 5.74) is 2.75. The lowest BCUT2D eigenvalue weighted by Crippen LogP contribution is -2.56. The van der Waals surface area contributed by atoms with Gasteiger partial charge in [-0.25, -0.2) is 0 Å². The summed E-state index contributed by atoms with van der Waals surface area (Å²) < 4.78 is 0. The molecule has 1 aromatic carbocycles. The number of likely N-dealkylation sites (tertiary alicyclic amines) is 2. The molecular weight excluding hydrogens is 388 g/mol. The number of fused-ring (bicyclic) bond motifs is 2. The van der Waals surface area contributed by atoms with Crippen LogP contribution in [0, 0.1) is 5.92 Å². The fourth-order valence-corrected chi connectivity index (χ4v) is 5.18. The number of H-pyrrole nitrogens is 1. The monoisotopic (exact) mass is 416 g/mol. The van der Waals surface area contributed by atoms with Crippen LogP contribution in [0.25, 0.3) is 10.9 Å². The number of aromatic nitrogens is 2. The predicted molar refractivity (Wildman–Crippen MR) is 120 cm³/mol. The van der Waals surface area contributed by atoms with Gasteiger partial charge in [-0.2, -0.15) is 0 Å². The molecule has 3 aromatic rings. The Labute approximate surface area is 182 Å². The molecule has 0 bridgehead atoms. The van der Waals surface area contributed by atoms with Crippen molar-refractivity contribution in [3.8, 4) is 0 Å². The Morgan fingerprint density at radius 1 is 1.10 bits per heavy atom. The maximum absolute atomic E-state index is 13.3. The topological polar surface area (TPSA) is 69.3 Å². The maximum atomic E-state index is 13.3. The highest BCUT2D eigenvalue weighted by Crippen LogP contribution is 2.32. The number of nitrogens with zero attached hydrogens (tertiary/aromatic N) is 3. The first-order chi connectivity index (χ1) is 15.2. The van der Waals surface area contributed by atoms with Gasteiger partial charge in [-0.3, -0.25) is 14.6 Å². The summed E-state index contributed by atoms with van der Waals surface area (Å²) in [5.74, 6) is 0.654. The number of hydrogen-bond donors (Lipinski definition) is 1. The second-order valence-electron chi connectivity index (χ2n) is 8.73. The number of carbonyl (C=O) groups is 2. The number of amides is 2. The van der Waals surface area contributed by atoms with Crippen LogP contribution in [0.3, 0.4) is 0 Å². The summed E-state index contributed by atoms with van der Waals surface area (Å²) in [6.07, 6.45) is 7.74. The van der Waals surface area contributed by atoms with Crippen molar-refractivity contribution in [2.45, 2.75) is 38.1 Å². The van der Waals surface area contributed by atoms with Gasteiger partial charge in [-0.15, -0.1) is 0 Å². The molecule has 2 aromatic heterocycles. The summed E-state index contributed by atoms with van der Waals surface area (Å²) in [5, 5.41) is 1.06. The van der Waals surface area contributed by atoms with Crippen molar-refractivity contribution in [1.82, 2.24) is 19.8 Å². The van der Waals surface area contributed by atoms with E-state index in [9.17, 15) is 9.59 Å². The molecule has 0 saturated carbocycles. The molecule has 2 atom stereocenters. The van der Waals surface area contributed by atoms with E-state index in [1.165, 1.54) is 0 Å². The standard InChI is InChI=1S/C25H28N4O2/c30-24(10-9-18-5-3-12-26-16-18)28-14-11-23-20(17-28)7-4-13-29(23)25(31)22-15-19-6-1-2-8-21(19)27-22/h1-3,5-6,8,12,15-16,20,23,27H,4,7,9-11,13-14,17H2/t20-,23+/m1/s1. The first-order valence-electron chi connectivity index (χ1n) is 11.2. The maximum Gasteiger partial charge on any atom is 0.270 e. The van der Waals surface area contributed by atoms with Gasteiger partial charge in [0.2, 0.25) is 5.91 Å². The van der Waals surface area contributed by atoms with Crippen LogP contribution in [0.5, 0.6) is 0 Å². The zero-order valence-electron chi connectivity index (χ0n) is 17.7. The average Bonchev–Trinajstić information content (AvgIpc) is 3.26. The number of aryl methyl sites for hydroxylation is 1. The highest BCUT2D eigenvalue weighted by Gasteiger charge is 2.39. The zero-order valence-corrected chi connectivity index (χ0v) is 17.7. The van der Waals surface area contributed by atoms with Gasteiger partial charge in [0.25, 0.3) is 5.91 Å². The van der Waals surface area contributed by atoms with Gasteiger partial charge in [-0.05, 0) is 55.4 Å². The number of rotatable bonds is 4. The second kappa shape index (κ2) is 8.53. The van der Waals surface area contributed by atoms with E-state index < -0.39 is 0 Å². The van der Waals surface area contributed by atoms with Crippen molar-refractivity contribution in [2.75, 3.05) is 19.6 Å². The Balaban J connectivity index is 1.23. The van der Waals surface area contributed by atoms with Crippen LogP contribution in [0.1, 0.15) is 41.7 Å². The van der Waals surface area contributed by atoms with Crippen molar-refractivity contribution >= 4 is 22.7 Å². The molecule has 2 aliphatic heterocycles. The highest BCUT2D eigenvalue weighted by molar-refractivity contribution is 5.98. The molecule has 160 valence electrons. The van der Waals surface area contributed by atoms with Crippen LogP contribution in [-0.4, -0.2) is 57.3 Å². The minimum atomic E-state index is 0.0854. The van der Waals surface area contributed by atoms with E-state index in [1.54, 1.807) is 6.20 Å². The lowest BCUT2D eigenvalue weighted by molar-refractivity contribution is -0.134. The van der Waals surface area contributed by atoms with Crippen molar-refractivity contribution < 1.29 is 9.59 Å². The molecular formula is C25H28N4O2. The molecule has 0 aliphatic carbocycles. The summed E-state index contributed by atoms with van der Waals surface area (Å²) in [6.45, 7) is 2.28.